The van der Waals surface area contributed by atoms with Gasteiger partial charge in [0.25, 0.3) is 5.91 Å². The fourth-order valence-corrected chi connectivity index (χ4v) is 2.97. The van der Waals surface area contributed by atoms with E-state index in [4.69, 9.17) is 11.6 Å². The van der Waals surface area contributed by atoms with E-state index in [-0.39, 0.29) is 12.1 Å². The van der Waals surface area contributed by atoms with Crippen LogP contribution >= 0.6 is 11.6 Å². The van der Waals surface area contributed by atoms with E-state index in [2.05, 4.69) is 10.3 Å². The quantitative estimate of drug-likeness (QED) is 0.751. The summed E-state index contributed by atoms with van der Waals surface area (Å²) in [7, 11) is 1.94. The van der Waals surface area contributed by atoms with E-state index in [1.807, 2.05) is 52.9 Å². The second kappa shape index (κ2) is 4.74. The van der Waals surface area contributed by atoms with Gasteiger partial charge in [-0.2, -0.15) is 0 Å². The fourth-order valence-electron chi connectivity index (χ4n) is 2.80. The average Bonchev–Trinajstić information content (AvgIpc) is 2.93. The van der Waals surface area contributed by atoms with E-state index >= 15 is 0 Å². The van der Waals surface area contributed by atoms with Gasteiger partial charge in [-0.15, -0.1) is 0 Å². The number of benzene rings is 1. The number of hydrogen-bond donors (Lipinski definition) is 1. The highest BCUT2D eigenvalue weighted by Gasteiger charge is 2.30. The van der Waals surface area contributed by atoms with Crippen molar-refractivity contribution in [3.63, 3.8) is 0 Å². The Morgan fingerprint density at radius 1 is 1.18 bits per heavy atom. The highest BCUT2D eigenvalue weighted by atomic mass is 35.5. The van der Waals surface area contributed by atoms with Gasteiger partial charge in [0.1, 0.15) is 17.5 Å². The van der Waals surface area contributed by atoms with Gasteiger partial charge < -0.3 is 14.6 Å². The van der Waals surface area contributed by atoms with Crippen molar-refractivity contribution in [3.8, 4) is 0 Å². The number of halogens is 1. The first-order chi connectivity index (χ1) is 10.6. The number of anilines is 1. The molecule has 1 amide bonds. The van der Waals surface area contributed by atoms with Crippen LogP contribution in [0.25, 0.3) is 5.65 Å². The van der Waals surface area contributed by atoms with Gasteiger partial charge in [0.2, 0.25) is 0 Å². The maximum atomic E-state index is 12.3. The Morgan fingerprint density at radius 2 is 2.00 bits per heavy atom. The van der Waals surface area contributed by atoms with Gasteiger partial charge >= 0.3 is 0 Å². The predicted octanol–water partition coefficient (Wildman–Crippen LogP) is 2.87. The molecular weight excluding hydrogens is 300 g/mol. The molecule has 1 atom stereocenters. The molecular formula is C16H13ClN4O. The summed E-state index contributed by atoms with van der Waals surface area (Å²) in [5, 5.41) is 3.63. The number of amides is 1. The minimum Gasteiger partial charge on any atom is -0.349 e. The SMILES string of the molecule is CN1c2ccccc2C(=O)N[C@@H]1c1cn2cc(Cl)ccc2n1. The second-order valence-corrected chi connectivity index (χ2v) is 5.72. The number of hydrogen-bond acceptors (Lipinski definition) is 3. The van der Waals surface area contributed by atoms with Crippen LogP contribution in [0.4, 0.5) is 5.69 Å². The van der Waals surface area contributed by atoms with Crippen LogP contribution in [0.2, 0.25) is 5.02 Å². The smallest absolute Gasteiger partial charge is 0.255 e. The number of aromatic nitrogens is 2. The fraction of sp³-hybridized carbons (Fsp3) is 0.125. The Hall–Kier alpha value is -2.53. The third-order valence-corrected chi connectivity index (χ3v) is 4.12. The summed E-state index contributed by atoms with van der Waals surface area (Å²) in [5.74, 6) is -0.0891. The average molecular weight is 313 g/mol. The second-order valence-electron chi connectivity index (χ2n) is 5.28. The zero-order valence-electron chi connectivity index (χ0n) is 11.8. The molecule has 2 aromatic heterocycles. The Labute approximate surface area is 132 Å². The van der Waals surface area contributed by atoms with Crippen LogP contribution in [0.3, 0.4) is 0 Å². The Morgan fingerprint density at radius 3 is 2.86 bits per heavy atom. The molecule has 0 bridgehead atoms. The van der Waals surface area contributed by atoms with Gasteiger partial charge in [0.15, 0.2) is 0 Å². The third-order valence-electron chi connectivity index (χ3n) is 3.90. The number of fused-ring (bicyclic) bond motifs is 2. The minimum absolute atomic E-state index is 0.0891. The molecule has 110 valence electrons. The Bertz CT molecular complexity index is 889. The third kappa shape index (κ3) is 1.94. The maximum Gasteiger partial charge on any atom is 0.255 e. The summed E-state index contributed by atoms with van der Waals surface area (Å²) in [5.41, 5.74) is 3.13. The summed E-state index contributed by atoms with van der Waals surface area (Å²) in [6.45, 7) is 0. The summed E-state index contributed by atoms with van der Waals surface area (Å²) in [6.07, 6.45) is 3.38. The van der Waals surface area contributed by atoms with E-state index in [1.54, 1.807) is 12.3 Å². The molecule has 0 aliphatic carbocycles. The number of imidazole rings is 1. The van der Waals surface area contributed by atoms with Crippen molar-refractivity contribution in [1.29, 1.82) is 0 Å². The molecule has 0 fully saturated rings. The lowest BCUT2D eigenvalue weighted by Crippen LogP contribution is -2.44. The summed E-state index contributed by atoms with van der Waals surface area (Å²) < 4.78 is 1.86. The first-order valence-corrected chi connectivity index (χ1v) is 7.28. The molecule has 1 aliphatic rings. The zero-order valence-corrected chi connectivity index (χ0v) is 12.6. The molecule has 1 aromatic carbocycles. The molecule has 0 spiro atoms. The van der Waals surface area contributed by atoms with Crippen LogP contribution in [0.1, 0.15) is 22.2 Å². The van der Waals surface area contributed by atoms with Crippen molar-refractivity contribution < 1.29 is 4.79 Å². The van der Waals surface area contributed by atoms with Gasteiger partial charge in [0, 0.05) is 19.4 Å². The lowest BCUT2D eigenvalue weighted by atomic mass is 10.1. The van der Waals surface area contributed by atoms with Crippen LogP contribution in [0.15, 0.2) is 48.8 Å². The molecule has 3 heterocycles. The molecule has 1 N–H and O–H groups in total. The molecule has 4 rings (SSSR count). The number of carbonyl (C=O) groups is 1. The first kappa shape index (κ1) is 13.2. The van der Waals surface area contributed by atoms with E-state index < -0.39 is 0 Å². The van der Waals surface area contributed by atoms with Crippen molar-refractivity contribution in [2.75, 3.05) is 11.9 Å². The van der Waals surface area contributed by atoms with E-state index in [0.717, 1.165) is 17.0 Å². The molecule has 0 saturated heterocycles. The molecule has 1 aliphatic heterocycles. The Kier molecular flexibility index (Phi) is 2.84. The zero-order chi connectivity index (χ0) is 15.3. The van der Waals surface area contributed by atoms with Gasteiger partial charge in [0.05, 0.1) is 16.3 Å². The summed E-state index contributed by atoms with van der Waals surface area (Å²) in [4.78, 5) is 18.9. The number of para-hydroxylation sites is 1. The summed E-state index contributed by atoms with van der Waals surface area (Å²) >= 11 is 6.00. The van der Waals surface area contributed by atoms with E-state index in [1.165, 1.54) is 0 Å². The number of rotatable bonds is 1. The van der Waals surface area contributed by atoms with Crippen LogP contribution in [-0.2, 0) is 0 Å². The van der Waals surface area contributed by atoms with Crippen LogP contribution in [0, 0.1) is 0 Å². The van der Waals surface area contributed by atoms with Gasteiger partial charge in [-0.1, -0.05) is 23.7 Å². The van der Waals surface area contributed by atoms with E-state index in [9.17, 15) is 4.79 Å². The predicted molar refractivity (Wildman–Crippen MR) is 85.3 cm³/mol. The van der Waals surface area contributed by atoms with Gasteiger partial charge in [-0.3, -0.25) is 4.79 Å². The minimum atomic E-state index is -0.305. The lowest BCUT2D eigenvalue weighted by molar-refractivity contribution is 0.0927. The normalized spacial score (nSPS) is 17.5. The van der Waals surface area contributed by atoms with Crippen molar-refractivity contribution in [3.05, 3.63) is 65.1 Å². The standard InChI is InChI=1S/C16H13ClN4O/c1-20-13-5-3-2-4-11(13)16(22)19-15(20)12-9-21-8-10(17)6-7-14(21)18-12/h2-9,15H,1H3,(H,19,22)/t15-/m0/s1. The monoisotopic (exact) mass is 312 g/mol. The summed E-state index contributed by atoms with van der Waals surface area (Å²) in [6, 6.07) is 11.2. The number of carbonyl (C=O) groups excluding carboxylic acids is 1. The molecule has 0 unspecified atom stereocenters. The first-order valence-electron chi connectivity index (χ1n) is 6.90. The van der Waals surface area contributed by atoms with Crippen molar-refractivity contribution in [2.24, 2.45) is 0 Å². The number of pyridine rings is 1. The molecule has 22 heavy (non-hydrogen) atoms. The highest BCUT2D eigenvalue weighted by molar-refractivity contribution is 6.30. The van der Waals surface area contributed by atoms with Crippen LogP contribution in [0.5, 0.6) is 0 Å². The number of nitrogens with one attached hydrogen (secondary N) is 1. The number of nitrogens with zero attached hydrogens (tertiary/aromatic N) is 3. The largest absolute Gasteiger partial charge is 0.349 e. The topological polar surface area (TPSA) is 49.6 Å². The molecule has 5 nitrogen and oxygen atoms in total. The van der Waals surface area contributed by atoms with Crippen LogP contribution < -0.4 is 10.2 Å². The molecule has 0 saturated carbocycles. The van der Waals surface area contributed by atoms with Crippen molar-refractivity contribution in [1.82, 2.24) is 14.7 Å². The Balaban J connectivity index is 1.80. The van der Waals surface area contributed by atoms with Crippen molar-refractivity contribution in [2.45, 2.75) is 6.17 Å². The van der Waals surface area contributed by atoms with Crippen LogP contribution in [-0.4, -0.2) is 22.3 Å². The van der Waals surface area contributed by atoms with Crippen molar-refractivity contribution >= 4 is 28.8 Å². The molecule has 3 aromatic rings. The van der Waals surface area contributed by atoms with Gasteiger partial charge in [-0.25, -0.2) is 4.98 Å². The molecule has 6 heteroatoms. The van der Waals surface area contributed by atoms with Gasteiger partial charge in [-0.05, 0) is 24.3 Å². The highest BCUT2D eigenvalue weighted by Crippen LogP contribution is 2.31. The van der Waals surface area contributed by atoms with E-state index in [0.29, 0.717) is 10.6 Å². The lowest BCUT2D eigenvalue weighted by Gasteiger charge is -2.35. The maximum absolute atomic E-state index is 12.3. The molecule has 0 radical (unpaired) electrons.